The number of alkyl halides is 1. The number of nitrogens with two attached hydrogens (primary N) is 1. The Labute approximate surface area is 146 Å². The zero-order valence-corrected chi connectivity index (χ0v) is 14.8. The van der Waals surface area contributed by atoms with Crippen LogP contribution in [0.5, 0.6) is 0 Å². The van der Waals surface area contributed by atoms with Crippen LogP contribution in [-0.4, -0.2) is 55.0 Å². The van der Waals surface area contributed by atoms with E-state index in [0.29, 0.717) is 16.9 Å². The van der Waals surface area contributed by atoms with Crippen molar-refractivity contribution in [3.05, 3.63) is 23.8 Å². The molecule has 0 aromatic heterocycles. The van der Waals surface area contributed by atoms with Crippen molar-refractivity contribution in [2.24, 2.45) is 0 Å². The van der Waals surface area contributed by atoms with Crippen LogP contribution >= 0.6 is 0 Å². The topological polar surface area (TPSA) is 93.9 Å². The van der Waals surface area contributed by atoms with Gasteiger partial charge in [0.1, 0.15) is 11.8 Å². The third-order valence-electron chi connectivity index (χ3n) is 3.72. The van der Waals surface area contributed by atoms with Crippen molar-refractivity contribution < 1.29 is 23.5 Å². The van der Waals surface area contributed by atoms with Gasteiger partial charge in [-0.1, -0.05) is 0 Å². The molecule has 0 spiro atoms. The molecule has 0 saturated carbocycles. The number of methoxy groups -OCH3 is 1. The van der Waals surface area contributed by atoms with Gasteiger partial charge < -0.3 is 25.4 Å². The predicted molar refractivity (Wildman–Crippen MR) is 92.3 cm³/mol. The molecule has 8 heteroatoms. The molecule has 1 amide bonds. The number of carbonyl (C=O) groups excluding carboxylic acids is 2. The maximum atomic E-state index is 14.3. The summed E-state index contributed by atoms with van der Waals surface area (Å²) in [5, 5.41) is 2.97. The number of nitrogens with one attached hydrogen (secondary N) is 1. The van der Waals surface area contributed by atoms with Gasteiger partial charge in [-0.25, -0.2) is 14.0 Å². The van der Waals surface area contributed by atoms with E-state index in [0.717, 1.165) is 0 Å². The minimum atomic E-state index is -1.28. The van der Waals surface area contributed by atoms with Crippen LogP contribution in [0.15, 0.2) is 18.2 Å². The number of rotatable bonds is 3. The Kier molecular flexibility index (Phi) is 5.39. The minimum absolute atomic E-state index is 0.0663. The summed E-state index contributed by atoms with van der Waals surface area (Å²) < 4.78 is 24.3. The fourth-order valence-corrected chi connectivity index (χ4v) is 2.50. The number of hydrogen-bond donors (Lipinski definition) is 2. The summed E-state index contributed by atoms with van der Waals surface area (Å²) in [7, 11) is 1.28. The highest BCUT2D eigenvalue weighted by Gasteiger charge is 2.37. The summed E-state index contributed by atoms with van der Waals surface area (Å²) >= 11 is 0. The molecule has 0 aliphatic carbocycles. The van der Waals surface area contributed by atoms with E-state index in [2.05, 4.69) is 10.1 Å². The number of nitrogen functional groups attached to an aromatic ring is 1. The number of esters is 1. The van der Waals surface area contributed by atoms with Gasteiger partial charge in [0.15, 0.2) is 0 Å². The lowest BCUT2D eigenvalue weighted by atomic mass is 10.1. The molecule has 0 radical (unpaired) electrons. The monoisotopic (exact) mass is 353 g/mol. The molecule has 7 nitrogen and oxygen atoms in total. The van der Waals surface area contributed by atoms with Crippen molar-refractivity contribution in [2.45, 2.75) is 38.6 Å². The van der Waals surface area contributed by atoms with E-state index in [1.165, 1.54) is 24.1 Å². The van der Waals surface area contributed by atoms with Crippen LogP contribution in [-0.2, 0) is 9.47 Å². The number of benzene rings is 1. The maximum absolute atomic E-state index is 14.3. The number of likely N-dealkylation sites (tertiary alicyclic amines) is 1. The highest BCUT2D eigenvalue weighted by atomic mass is 19.1. The largest absolute Gasteiger partial charge is 0.465 e. The molecule has 1 aromatic rings. The zero-order chi connectivity index (χ0) is 18.8. The standard InChI is InChI=1S/C17H24FN3O4/c1-17(2,3)25-16(23)21-8-11(18)14(9-21)20-13-7-10(15(22)24-4)5-6-12(13)19/h5-7,11,14,20H,8-9,19H2,1-4H3/t11-,14-/m1/s1. The Hall–Kier alpha value is -2.51. The molecular weight excluding hydrogens is 329 g/mol. The molecule has 3 N–H and O–H groups in total. The van der Waals surface area contributed by atoms with Gasteiger partial charge in [-0.2, -0.15) is 0 Å². The molecule has 25 heavy (non-hydrogen) atoms. The van der Waals surface area contributed by atoms with Crippen LogP contribution in [0.4, 0.5) is 20.6 Å². The zero-order valence-electron chi connectivity index (χ0n) is 14.8. The van der Waals surface area contributed by atoms with Gasteiger partial charge in [-0.3, -0.25) is 0 Å². The van der Waals surface area contributed by atoms with Crippen molar-refractivity contribution in [3.8, 4) is 0 Å². The Bertz CT molecular complexity index is 660. The smallest absolute Gasteiger partial charge is 0.410 e. The van der Waals surface area contributed by atoms with Gasteiger partial charge >= 0.3 is 12.1 Å². The number of ether oxygens (including phenoxy) is 2. The summed E-state index contributed by atoms with van der Waals surface area (Å²) in [5.41, 5.74) is 6.34. The highest BCUT2D eigenvalue weighted by molar-refractivity contribution is 5.92. The first-order valence-electron chi connectivity index (χ1n) is 7.97. The van der Waals surface area contributed by atoms with E-state index in [1.807, 2.05) is 0 Å². The van der Waals surface area contributed by atoms with Gasteiger partial charge in [-0.05, 0) is 39.0 Å². The first-order valence-corrected chi connectivity index (χ1v) is 7.97. The van der Waals surface area contributed by atoms with Crippen LogP contribution in [0.25, 0.3) is 0 Å². The molecule has 1 aromatic carbocycles. The molecule has 0 unspecified atom stereocenters. The molecular formula is C17H24FN3O4. The molecule has 2 rings (SSSR count). The SMILES string of the molecule is COC(=O)c1ccc(N)c(N[C@@H]2CN(C(=O)OC(C)(C)C)C[C@H]2F)c1. The number of halogens is 1. The Morgan fingerprint density at radius 1 is 1.32 bits per heavy atom. The lowest BCUT2D eigenvalue weighted by Crippen LogP contribution is -2.36. The van der Waals surface area contributed by atoms with E-state index in [9.17, 15) is 14.0 Å². The number of nitrogens with zero attached hydrogens (tertiary/aromatic N) is 1. The van der Waals surface area contributed by atoms with Crippen LogP contribution in [0.2, 0.25) is 0 Å². The van der Waals surface area contributed by atoms with Gasteiger partial charge in [0.05, 0.1) is 36.6 Å². The van der Waals surface area contributed by atoms with E-state index in [-0.39, 0.29) is 13.1 Å². The summed E-state index contributed by atoms with van der Waals surface area (Å²) in [5.74, 6) is -0.512. The number of anilines is 2. The third-order valence-corrected chi connectivity index (χ3v) is 3.72. The second kappa shape index (κ2) is 7.16. The normalized spacial score (nSPS) is 20.3. The summed E-state index contributed by atoms with van der Waals surface area (Å²) in [4.78, 5) is 25.0. The minimum Gasteiger partial charge on any atom is -0.465 e. The van der Waals surface area contributed by atoms with Gasteiger partial charge in [0, 0.05) is 6.54 Å². The van der Waals surface area contributed by atoms with Crippen molar-refractivity contribution in [2.75, 3.05) is 31.2 Å². The number of hydrogen-bond acceptors (Lipinski definition) is 6. The maximum Gasteiger partial charge on any atom is 0.410 e. The predicted octanol–water partition coefficient (Wildman–Crippen LogP) is 2.42. The van der Waals surface area contributed by atoms with Crippen molar-refractivity contribution >= 4 is 23.4 Å². The number of carbonyl (C=O) groups is 2. The first-order chi connectivity index (χ1) is 11.6. The van der Waals surface area contributed by atoms with Gasteiger partial charge in [-0.15, -0.1) is 0 Å². The van der Waals surface area contributed by atoms with E-state index < -0.39 is 29.9 Å². The second-order valence-corrected chi connectivity index (χ2v) is 6.95. The van der Waals surface area contributed by atoms with Crippen molar-refractivity contribution in [3.63, 3.8) is 0 Å². The fourth-order valence-electron chi connectivity index (χ4n) is 2.50. The van der Waals surface area contributed by atoms with E-state index >= 15 is 0 Å². The average Bonchev–Trinajstić information content (AvgIpc) is 2.88. The number of amides is 1. The summed E-state index contributed by atoms with van der Waals surface area (Å²) in [6.45, 7) is 5.33. The lowest BCUT2D eigenvalue weighted by molar-refractivity contribution is 0.0283. The van der Waals surface area contributed by atoms with Crippen LogP contribution < -0.4 is 11.1 Å². The summed E-state index contributed by atoms with van der Waals surface area (Å²) in [6, 6.07) is 3.93. The van der Waals surface area contributed by atoms with E-state index in [1.54, 1.807) is 26.8 Å². The van der Waals surface area contributed by atoms with E-state index in [4.69, 9.17) is 10.5 Å². The first kappa shape index (κ1) is 18.8. The fraction of sp³-hybridized carbons (Fsp3) is 0.529. The Morgan fingerprint density at radius 3 is 2.60 bits per heavy atom. The lowest BCUT2D eigenvalue weighted by Gasteiger charge is -2.24. The third kappa shape index (κ3) is 4.74. The molecule has 0 bridgehead atoms. The molecule has 1 aliphatic rings. The molecule has 1 aliphatic heterocycles. The Balaban J connectivity index is 2.08. The molecule has 2 atom stereocenters. The second-order valence-electron chi connectivity index (χ2n) is 6.95. The molecule has 1 heterocycles. The van der Waals surface area contributed by atoms with Crippen molar-refractivity contribution in [1.82, 2.24) is 4.90 Å². The molecule has 138 valence electrons. The van der Waals surface area contributed by atoms with Gasteiger partial charge in [0.25, 0.3) is 0 Å². The van der Waals surface area contributed by atoms with Crippen LogP contribution in [0, 0.1) is 0 Å². The highest BCUT2D eigenvalue weighted by Crippen LogP contribution is 2.26. The molecule has 1 saturated heterocycles. The Morgan fingerprint density at radius 2 is 2.00 bits per heavy atom. The molecule has 1 fully saturated rings. The average molecular weight is 353 g/mol. The van der Waals surface area contributed by atoms with Crippen LogP contribution in [0.1, 0.15) is 31.1 Å². The van der Waals surface area contributed by atoms with Crippen LogP contribution in [0.3, 0.4) is 0 Å². The van der Waals surface area contributed by atoms with Crippen molar-refractivity contribution in [1.29, 1.82) is 0 Å². The van der Waals surface area contributed by atoms with Gasteiger partial charge in [0.2, 0.25) is 0 Å². The quantitative estimate of drug-likeness (QED) is 0.640. The summed E-state index contributed by atoms with van der Waals surface area (Å²) in [6.07, 6.45) is -1.84.